The maximum atomic E-state index is 5.48. The SMILES string of the molecule is CC(C)c1noc([C@H](C)N2CCN(C)c3ccccc3C2)n1. The molecule has 5 heteroatoms. The van der Waals surface area contributed by atoms with E-state index in [1.165, 1.54) is 11.3 Å². The Labute approximate surface area is 131 Å². The summed E-state index contributed by atoms with van der Waals surface area (Å²) in [6.07, 6.45) is 0. The lowest BCUT2D eigenvalue weighted by molar-refractivity contribution is 0.172. The molecule has 2 heterocycles. The lowest BCUT2D eigenvalue weighted by Gasteiger charge is -2.24. The van der Waals surface area contributed by atoms with Crippen LogP contribution in [0.1, 0.15) is 50.0 Å². The molecular formula is C17H24N4O. The van der Waals surface area contributed by atoms with Gasteiger partial charge in [0.1, 0.15) is 0 Å². The first-order valence-electron chi connectivity index (χ1n) is 7.93. The summed E-state index contributed by atoms with van der Waals surface area (Å²) in [7, 11) is 2.15. The van der Waals surface area contributed by atoms with Crippen LogP contribution >= 0.6 is 0 Å². The van der Waals surface area contributed by atoms with E-state index in [2.05, 4.69) is 72.0 Å². The molecule has 5 nitrogen and oxygen atoms in total. The van der Waals surface area contributed by atoms with Crippen LogP contribution < -0.4 is 4.90 Å². The molecule has 1 aliphatic rings. The van der Waals surface area contributed by atoms with Gasteiger partial charge in [-0.05, 0) is 18.6 Å². The molecule has 1 aliphatic heterocycles. The second-order valence-electron chi connectivity index (χ2n) is 6.34. The second kappa shape index (κ2) is 6.08. The maximum Gasteiger partial charge on any atom is 0.243 e. The molecule has 0 amide bonds. The van der Waals surface area contributed by atoms with Crippen LogP contribution in [0.15, 0.2) is 28.8 Å². The Morgan fingerprint density at radius 1 is 1.14 bits per heavy atom. The molecule has 0 radical (unpaired) electrons. The predicted molar refractivity (Wildman–Crippen MR) is 86.9 cm³/mol. The number of fused-ring (bicyclic) bond motifs is 1. The minimum absolute atomic E-state index is 0.125. The van der Waals surface area contributed by atoms with Crippen molar-refractivity contribution in [2.75, 3.05) is 25.0 Å². The number of anilines is 1. The molecule has 0 N–H and O–H groups in total. The molecule has 22 heavy (non-hydrogen) atoms. The number of para-hydroxylation sites is 1. The Bertz CT molecular complexity index is 637. The summed E-state index contributed by atoms with van der Waals surface area (Å²) >= 11 is 0. The van der Waals surface area contributed by atoms with Crippen molar-refractivity contribution in [3.8, 4) is 0 Å². The molecule has 0 unspecified atom stereocenters. The number of nitrogens with zero attached hydrogens (tertiary/aromatic N) is 4. The van der Waals surface area contributed by atoms with Crippen molar-refractivity contribution in [3.05, 3.63) is 41.5 Å². The van der Waals surface area contributed by atoms with Crippen molar-refractivity contribution >= 4 is 5.69 Å². The molecule has 0 aliphatic carbocycles. The fraction of sp³-hybridized carbons (Fsp3) is 0.529. The van der Waals surface area contributed by atoms with Gasteiger partial charge in [0.15, 0.2) is 5.82 Å². The van der Waals surface area contributed by atoms with Crippen molar-refractivity contribution in [2.24, 2.45) is 0 Å². The zero-order valence-electron chi connectivity index (χ0n) is 13.8. The van der Waals surface area contributed by atoms with Gasteiger partial charge in [0.2, 0.25) is 5.89 Å². The predicted octanol–water partition coefficient (Wildman–Crippen LogP) is 3.21. The van der Waals surface area contributed by atoms with Crippen molar-refractivity contribution in [3.63, 3.8) is 0 Å². The molecule has 0 bridgehead atoms. The standard InChI is InChI=1S/C17H24N4O/c1-12(2)16-18-17(22-19-16)13(3)21-10-9-20(4)15-8-6-5-7-14(15)11-21/h5-8,12-13H,9-11H2,1-4H3/t13-/m0/s1. The molecule has 0 saturated heterocycles. The van der Waals surface area contributed by atoms with E-state index < -0.39 is 0 Å². The van der Waals surface area contributed by atoms with Crippen LogP contribution in [0.4, 0.5) is 5.69 Å². The summed E-state index contributed by atoms with van der Waals surface area (Å²) in [5, 5.41) is 4.09. The fourth-order valence-corrected chi connectivity index (χ4v) is 2.85. The molecule has 0 spiro atoms. The number of aromatic nitrogens is 2. The number of hydrogen-bond donors (Lipinski definition) is 0. The van der Waals surface area contributed by atoms with Gasteiger partial charge in [-0.25, -0.2) is 0 Å². The van der Waals surface area contributed by atoms with E-state index in [1.807, 2.05) is 0 Å². The summed E-state index contributed by atoms with van der Waals surface area (Å²) < 4.78 is 5.48. The van der Waals surface area contributed by atoms with Gasteiger partial charge >= 0.3 is 0 Å². The number of rotatable bonds is 3. The van der Waals surface area contributed by atoms with Crippen molar-refractivity contribution < 1.29 is 4.52 Å². The van der Waals surface area contributed by atoms with E-state index in [9.17, 15) is 0 Å². The van der Waals surface area contributed by atoms with Gasteiger partial charge in [0, 0.05) is 38.3 Å². The molecule has 1 atom stereocenters. The zero-order valence-corrected chi connectivity index (χ0v) is 13.8. The zero-order chi connectivity index (χ0) is 15.7. The molecule has 1 aromatic carbocycles. The summed E-state index contributed by atoms with van der Waals surface area (Å²) in [5.41, 5.74) is 2.66. The van der Waals surface area contributed by atoms with Gasteiger partial charge in [0.05, 0.1) is 6.04 Å². The van der Waals surface area contributed by atoms with Crippen LogP contribution in [0.25, 0.3) is 0 Å². The smallest absolute Gasteiger partial charge is 0.243 e. The topological polar surface area (TPSA) is 45.4 Å². The van der Waals surface area contributed by atoms with Gasteiger partial charge in [0.25, 0.3) is 0 Å². The van der Waals surface area contributed by atoms with Crippen molar-refractivity contribution in [1.29, 1.82) is 0 Å². The summed E-state index contributed by atoms with van der Waals surface area (Å²) in [6, 6.07) is 8.71. The van der Waals surface area contributed by atoms with Crippen LogP contribution in [0.5, 0.6) is 0 Å². The van der Waals surface area contributed by atoms with Crippen molar-refractivity contribution in [2.45, 2.75) is 39.3 Å². The second-order valence-corrected chi connectivity index (χ2v) is 6.34. The van der Waals surface area contributed by atoms with E-state index in [4.69, 9.17) is 4.52 Å². The van der Waals surface area contributed by atoms with Crippen LogP contribution in [0, 0.1) is 0 Å². The highest BCUT2D eigenvalue weighted by atomic mass is 16.5. The minimum atomic E-state index is 0.125. The Hall–Kier alpha value is -1.88. The summed E-state index contributed by atoms with van der Waals surface area (Å²) in [4.78, 5) is 9.28. The average molecular weight is 300 g/mol. The fourth-order valence-electron chi connectivity index (χ4n) is 2.85. The Kier molecular flexibility index (Phi) is 4.16. The van der Waals surface area contributed by atoms with Crippen molar-refractivity contribution in [1.82, 2.24) is 15.0 Å². The van der Waals surface area contributed by atoms with Gasteiger partial charge < -0.3 is 9.42 Å². The maximum absolute atomic E-state index is 5.48. The molecule has 0 saturated carbocycles. The third-order valence-corrected chi connectivity index (χ3v) is 4.38. The van der Waals surface area contributed by atoms with Crippen LogP contribution in [0.3, 0.4) is 0 Å². The average Bonchev–Trinajstić information content (AvgIpc) is 2.94. The minimum Gasteiger partial charge on any atom is -0.373 e. The van der Waals surface area contributed by atoms with E-state index in [0.717, 1.165) is 25.5 Å². The van der Waals surface area contributed by atoms with E-state index in [-0.39, 0.29) is 6.04 Å². The van der Waals surface area contributed by atoms with Gasteiger partial charge in [-0.15, -0.1) is 0 Å². The molecule has 118 valence electrons. The van der Waals surface area contributed by atoms with Gasteiger partial charge in [-0.3, -0.25) is 4.90 Å². The number of benzene rings is 1. The third kappa shape index (κ3) is 2.86. The highest BCUT2D eigenvalue weighted by Gasteiger charge is 2.25. The molecule has 1 aromatic heterocycles. The summed E-state index contributed by atoms with van der Waals surface area (Å²) in [6.45, 7) is 9.18. The van der Waals surface area contributed by atoms with Crippen LogP contribution in [-0.2, 0) is 6.54 Å². The monoisotopic (exact) mass is 300 g/mol. The largest absolute Gasteiger partial charge is 0.373 e. The number of likely N-dealkylation sites (N-methyl/N-ethyl adjacent to an activating group) is 1. The quantitative estimate of drug-likeness (QED) is 0.871. The molecule has 3 rings (SSSR count). The molecule has 0 fully saturated rings. The van der Waals surface area contributed by atoms with Gasteiger partial charge in [-0.1, -0.05) is 37.2 Å². The molecule has 2 aromatic rings. The first kappa shape index (κ1) is 15.0. The highest BCUT2D eigenvalue weighted by molar-refractivity contribution is 5.53. The summed E-state index contributed by atoms with van der Waals surface area (Å²) in [5.74, 6) is 1.79. The Morgan fingerprint density at radius 2 is 1.91 bits per heavy atom. The van der Waals surface area contributed by atoms with Crippen LogP contribution in [0.2, 0.25) is 0 Å². The highest BCUT2D eigenvalue weighted by Crippen LogP contribution is 2.28. The molecular weight excluding hydrogens is 276 g/mol. The Morgan fingerprint density at radius 3 is 2.64 bits per heavy atom. The van der Waals surface area contributed by atoms with E-state index >= 15 is 0 Å². The Balaban J connectivity index is 1.82. The first-order chi connectivity index (χ1) is 10.6. The number of hydrogen-bond acceptors (Lipinski definition) is 5. The lowest BCUT2D eigenvalue weighted by atomic mass is 10.1. The lowest BCUT2D eigenvalue weighted by Crippen LogP contribution is -2.31. The van der Waals surface area contributed by atoms with Crippen LogP contribution in [-0.4, -0.2) is 35.2 Å². The van der Waals surface area contributed by atoms with Gasteiger partial charge in [-0.2, -0.15) is 4.98 Å². The normalized spacial score (nSPS) is 17.4. The van der Waals surface area contributed by atoms with E-state index in [0.29, 0.717) is 11.8 Å². The first-order valence-corrected chi connectivity index (χ1v) is 7.93. The van der Waals surface area contributed by atoms with E-state index in [1.54, 1.807) is 0 Å². The third-order valence-electron chi connectivity index (χ3n) is 4.38.